The van der Waals surface area contributed by atoms with E-state index in [4.69, 9.17) is 4.84 Å². The first kappa shape index (κ1) is 19.7. The quantitative estimate of drug-likeness (QED) is 0.352. The SMILES string of the molecule is O=C(ON1C(=O)[CH-]CC1=O)C1CCC(CN2C(=O)C=CC2=O)CC1.[U]. The molecule has 25 heavy (non-hydrogen) atoms. The molecule has 0 aromatic rings. The van der Waals surface area contributed by atoms with Crippen LogP contribution in [-0.2, 0) is 28.8 Å². The van der Waals surface area contributed by atoms with Gasteiger partial charge < -0.3 is 9.63 Å². The number of imide groups is 2. The average molecular weight is 571 g/mol. The first-order chi connectivity index (χ1) is 11.5. The van der Waals surface area contributed by atoms with Gasteiger partial charge in [0.25, 0.3) is 11.8 Å². The molecule has 9 heteroatoms. The first-order valence-corrected chi connectivity index (χ1v) is 7.91. The molecule has 3 aliphatic rings. The van der Waals surface area contributed by atoms with Crippen molar-refractivity contribution in [1.82, 2.24) is 9.96 Å². The summed E-state index contributed by atoms with van der Waals surface area (Å²) < 4.78 is 0. The van der Waals surface area contributed by atoms with Crippen molar-refractivity contribution in [2.45, 2.75) is 32.1 Å². The normalized spacial score (nSPS) is 25.9. The van der Waals surface area contributed by atoms with Gasteiger partial charge >= 0.3 is 5.97 Å². The summed E-state index contributed by atoms with van der Waals surface area (Å²) in [5.74, 6) is -2.58. The van der Waals surface area contributed by atoms with Crippen LogP contribution in [0.3, 0.4) is 0 Å². The number of hydroxylamine groups is 2. The summed E-state index contributed by atoms with van der Waals surface area (Å²) in [7, 11) is 0. The minimum Gasteiger partial charge on any atom is -0.333 e. The molecule has 8 nitrogen and oxygen atoms in total. The van der Waals surface area contributed by atoms with E-state index in [0.29, 0.717) is 37.3 Å². The van der Waals surface area contributed by atoms with Crippen LogP contribution < -0.4 is 0 Å². The van der Waals surface area contributed by atoms with Gasteiger partial charge in [-0.1, -0.05) is 6.42 Å². The van der Waals surface area contributed by atoms with Gasteiger partial charge in [-0.25, -0.2) is 4.79 Å². The molecule has 2 aliphatic heterocycles. The van der Waals surface area contributed by atoms with Crippen LogP contribution in [0.5, 0.6) is 0 Å². The van der Waals surface area contributed by atoms with E-state index in [2.05, 4.69) is 0 Å². The summed E-state index contributed by atoms with van der Waals surface area (Å²) in [6.45, 7) is 0.352. The van der Waals surface area contributed by atoms with Gasteiger partial charge in [0.1, 0.15) is 5.91 Å². The second-order valence-corrected chi connectivity index (χ2v) is 6.18. The van der Waals surface area contributed by atoms with Gasteiger partial charge in [0.05, 0.1) is 5.92 Å². The number of hydrogen-bond donors (Lipinski definition) is 0. The second-order valence-electron chi connectivity index (χ2n) is 6.18. The Morgan fingerprint density at radius 1 is 1.08 bits per heavy atom. The Morgan fingerprint density at radius 2 is 1.68 bits per heavy atom. The topological polar surface area (TPSA) is 101 Å². The molecule has 1 aliphatic carbocycles. The van der Waals surface area contributed by atoms with Crippen molar-refractivity contribution in [2.75, 3.05) is 6.54 Å². The number of carbonyl (C=O) groups is 5. The van der Waals surface area contributed by atoms with Crippen molar-refractivity contribution < 1.29 is 59.9 Å². The molecular weight excluding hydrogens is 554 g/mol. The summed E-state index contributed by atoms with van der Waals surface area (Å²) in [6, 6.07) is 0. The fourth-order valence-corrected chi connectivity index (χ4v) is 3.17. The van der Waals surface area contributed by atoms with Gasteiger partial charge in [0.15, 0.2) is 0 Å². The smallest absolute Gasteiger partial charge is 0.333 e. The third kappa shape index (κ3) is 4.33. The van der Waals surface area contributed by atoms with Crippen LogP contribution >= 0.6 is 0 Å². The van der Waals surface area contributed by atoms with E-state index in [9.17, 15) is 24.0 Å². The zero-order chi connectivity index (χ0) is 17.3. The molecule has 1 saturated heterocycles. The standard InChI is InChI=1S/C16H17N2O6.U/c19-12-5-6-13(20)17(12)9-10-1-3-11(4-2-10)16(23)24-18-14(21)7-8-15(18)22;/h5-7,10-11H,1-4,8-9H2;/q-1;. The summed E-state index contributed by atoms with van der Waals surface area (Å²) in [5.41, 5.74) is 0. The van der Waals surface area contributed by atoms with Crippen LogP contribution in [-0.4, -0.2) is 46.1 Å². The van der Waals surface area contributed by atoms with Gasteiger partial charge in [-0.3, -0.25) is 25.7 Å². The van der Waals surface area contributed by atoms with Gasteiger partial charge in [-0.15, -0.1) is 5.06 Å². The molecule has 132 valence electrons. The van der Waals surface area contributed by atoms with Crippen molar-refractivity contribution in [2.24, 2.45) is 11.8 Å². The van der Waals surface area contributed by atoms with Gasteiger partial charge in [-0.05, 0) is 31.6 Å². The van der Waals surface area contributed by atoms with E-state index in [1.807, 2.05) is 0 Å². The molecule has 0 unspecified atom stereocenters. The molecule has 0 aromatic carbocycles. The number of hydrogen-bond acceptors (Lipinski definition) is 6. The van der Waals surface area contributed by atoms with E-state index in [0.717, 1.165) is 0 Å². The van der Waals surface area contributed by atoms with Crippen molar-refractivity contribution in [3.05, 3.63) is 18.6 Å². The third-order valence-electron chi connectivity index (χ3n) is 4.58. The first-order valence-electron chi connectivity index (χ1n) is 7.91. The Bertz CT molecular complexity index is 605. The molecule has 0 aromatic heterocycles. The van der Waals surface area contributed by atoms with Gasteiger partial charge in [0, 0.05) is 49.8 Å². The van der Waals surface area contributed by atoms with Crippen LogP contribution in [0.1, 0.15) is 32.1 Å². The van der Waals surface area contributed by atoms with E-state index in [1.165, 1.54) is 23.5 Å². The zero-order valence-electron chi connectivity index (χ0n) is 13.5. The van der Waals surface area contributed by atoms with Crippen molar-refractivity contribution in [3.8, 4) is 0 Å². The summed E-state index contributed by atoms with van der Waals surface area (Å²) in [4.78, 5) is 64.2. The van der Waals surface area contributed by atoms with Crippen molar-refractivity contribution in [3.63, 3.8) is 0 Å². The molecule has 0 spiro atoms. The van der Waals surface area contributed by atoms with Crippen molar-refractivity contribution >= 4 is 29.6 Å². The van der Waals surface area contributed by atoms with E-state index in [-0.39, 0.29) is 61.2 Å². The molecule has 3 rings (SSSR count). The molecule has 0 N–H and O–H groups in total. The fraction of sp³-hybridized carbons (Fsp3) is 0.500. The largest absolute Gasteiger partial charge is 0.336 e. The minimum atomic E-state index is -0.611. The van der Waals surface area contributed by atoms with Crippen LogP contribution in [0.4, 0.5) is 0 Å². The Morgan fingerprint density at radius 3 is 2.20 bits per heavy atom. The number of amides is 4. The maximum Gasteiger partial charge on any atom is 0.336 e. The number of nitrogens with zero attached hydrogens (tertiary/aromatic N) is 2. The Hall–Kier alpha value is -1.59. The number of carbonyl (C=O) groups excluding carboxylic acids is 5. The van der Waals surface area contributed by atoms with Crippen LogP contribution in [0.2, 0.25) is 0 Å². The van der Waals surface area contributed by atoms with E-state index in [1.54, 1.807) is 0 Å². The second kappa shape index (κ2) is 8.19. The third-order valence-corrected chi connectivity index (χ3v) is 4.58. The van der Waals surface area contributed by atoms with E-state index >= 15 is 0 Å². The Balaban J connectivity index is 0.00000225. The van der Waals surface area contributed by atoms with Crippen molar-refractivity contribution in [1.29, 1.82) is 0 Å². The summed E-state index contributed by atoms with van der Waals surface area (Å²) in [5, 5.41) is 0.516. The maximum atomic E-state index is 12.1. The zero-order valence-corrected chi connectivity index (χ0v) is 17.6. The van der Waals surface area contributed by atoms with Crippen LogP contribution in [0.25, 0.3) is 0 Å². The monoisotopic (exact) mass is 571 g/mol. The predicted molar refractivity (Wildman–Crippen MR) is 78.2 cm³/mol. The molecular formula is C16H17N2O6U-. The summed E-state index contributed by atoms with van der Waals surface area (Å²) >= 11 is 0. The molecule has 1 saturated carbocycles. The fourth-order valence-electron chi connectivity index (χ4n) is 3.17. The molecule has 0 radical (unpaired) electrons. The molecule has 0 atom stereocenters. The van der Waals surface area contributed by atoms with Gasteiger partial charge in [0.2, 0.25) is 5.91 Å². The minimum absolute atomic E-state index is 0. The average Bonchev–Trinajstić information content (AvgIpc) is 3.05. The molecule has 2 fully saturated rings. The Kier molecular flexibility index (Phi) is 6.47. The molecule has 4 amide bonds. The summed E-state index contributed by atoms with van der Waals surface area (Å²) in [6.07, 6.45) is 6.05. The van der Waals surface area contributed by atoms with Gasteiger partial charge in [-0.2, -0.15) is 0 Å². The van der Waals surface area contributed by atoms with Crippen LogP contribution in [0.15, 0.2) is 12.2 Å². The predicted octanol–water partition coefficient (Wildman–Crippen LogP) is 0.139. The molecule has 0 bridgehead atoms. The maximum absolute atomic E-state index is 12.1. The van der Waals surface area contributed by atoms with E-state index < -0.39 is 17.8 Å². The Labute approximate surface area is 168 Å². The molecule has 2 heterocycles. The number of rotatable bonds is 4. The van der Waals surface area contributed by atoms with Crippen LogP contribution in [0, 0.1) is 49.4 Å².